The first kappa shape index (κ1) is 15.3. The van der Waals surface area contributed by atoms with Gasteiger partial charge in [0.15, 0.2) is 0 Å². The number of thiophene rings is 1. The molecule has 0 aromatic carbocycles. The second-order valence-electron chi connectivity index (χ2n) is 7.46. The summed E-state index contributed by atoms with van der Waals surface area (Å²) in [5.41, 5.74) is 0.706. The van der Waals surface area contributed by atoms with Crippen LogP contribution in [0.1, 0.15) is 32.6 Å². The summed E-state index contributed by atoms with van der Waals surface area (Å²) in [5.74, 6) is 0. The quantitative estimate of drug-likeness (QED) is 0.781. The summed E-state index contributed by atoms with van der Waals surface area (Å²) >= 11 is 1.91. The summed E-state index contributed by atoms with van der Waals surface area (Å²) in [7, 11) is -1.48. The predicted octanol–water partition coefficient (Wildman–Crippen LogP) is 2.90. The van der Waals surface area contributed by atoms with E-state index < -0.39 is 8.07 Å². The molecule has 106 valence electrons. The molecule has 0 spiro atoms. The van der Waals surface area contributed by atoms with Crippen LogP contribution in [-0.2, 0) is 9.31 Å². The molecule has 0 bridgehead atoms. The Morgan fingerprint density at radius 2 is 1.53 bits per heavy atom. The van der Waals surface area contributed by atoms with Crippen LogP contribution in [0.25, 0.3) is 0 Å². The van der Waals surface area contributed by atoms with Gasteiger partial charge < -0.3 is 9.31 Å². The van der Waals surface area contributed by atoms with Crippen LogP contribution in [0, 0.1) is 6.92 Å². The molecule has 1 aliphatic rings. The third-order valence-electron chi connectivity index (χ3n) is 4.20. The lowest BCUT2D eigenvalue weighted by molar-refractivity contribution is 0.00578. The van der Waals surface area contributed by atoms with Crippen molar-refractivity contribution >= 4 is 36.5 Å². The smallest absolute Gasteiger partial charge is 0.399 e. The van der Waals surface area contributed by atoms with Crippen LogP contribution >= 0.6 is 11.3 Å². The Morgan fingerprint density at radius 3 is 1.89 bits per heavy atom. The molecular weight excluding hydrogens is 271 g/mol. The zero-order chi connectivity index (χ0) is 14.6. The van der Waals surface area contributed by atoms with Crippen molar-refractivity contribution in [2.75, 3.05) is 0 Å². The molecule has 1 saturated heterocycles. The van der Waals surface area contributed by atoms with Gasteiger partial charge in [-0.05, 0) is 44.6 Å². The van der Waals surface area contributed by atoms with Crippen LogP contribution in [0.5, 0.6) is 0 Å². The maximum absolute atomic E-state index is 6.16. The molecule has 2 rings (SSSR count). The summed E-state index contributed by atoms with van der Waals surface area (Å²) in [6, 6.07) is 2.31. The third kappa shape index (κ3) is 2.71. The molecule has 0 atom stereocenters. The summed E-state index contributed by atoms with van der Waals surface area (Å²) in [6.07, 6.45) is 0. The minimum atomic E-state index is -1.26. The fourth-order valence-corrected chi connectivity index (χ4v) is 5.13. The molecule has 1 aromatic heterocycles. The molecule has 0 saturated carbocycles. The fraction of sp³-hybridized carbons (Fsp3) is 0.714. The Balaban J connectivity index is 2.33. The Labute approximate surface area is 122 Å². The number of rotatable bonds is 2. The van der Waals surface area contributed by atoms with Gasteiger partial charge in [-0.25, -0.2) is 0 Å². The standard InChI is InChI=1S/C14H25BO2SSi/c1-10-11(9-12(18-10)19(6,7)8)15-16-13(2,3)14(4,5)17-15/h9H,1-8H3. The predicted molar refractivity (Wildman–Crippen MR) is 87.8 cm³/mol. The summed E-state index contributed by atoms with van der Waals surface area (Å²) in [6.45, 7) is 17.7. The molecule has 1 aromatic rings. The molecule has 0 amide bonds. The molecular formula is C14H25BO2SSi. The van der Waals surface area contributed by atoms with E-state index in [9.17, 15) is 0 Å². The minimum absolute atomic E-state index is 0.216. The van der Waals surface area contributed by atoms with Gasteiger partial charge in [0.25, 0.3) is 0 Å². The van der Waals surface area contributed by atoms with Crippen molar-refractivity contribution in [3.05, 3.63) is 10.9 Å². The molecule has 19 heavy (non-hydrogen) atoms. The monoisotopic (exact) mass is 296 g/mol. The molecule has 0 radical (unpaired) electrons. The van der Waals surface area contributed by atoms with Gasteiger partial charge in [-0.3, -0.25) is 0 Å². The van der Waals surface area contributed by atoms with Crippen LogP contribution < -0.4 is 9.96 Å². The molecule has 2 nitrogen and oxygen atoms in total. The van der Waals surface area contributed by atoms with Gasteiger partial charge in [-0.2, -0.15) is 11.3 Å². The van der Waals surface area contributed by atoms with Crippen molar-refractivity contribution < 1.29 is 9.31 Å². The molecule has 0 aliphatic carbocycles. The fourth-order valence-electron chi connectivity index (χ4n) is 2.07. The average molecular weight is 296 g/mol. The van der Waals surface area contributed by atoms with Gasteiger partial charge >= 0.3 is 7.12 Å². The highest BCUT2D eigenvalue weighted by Gasteiger charge is 2.52. The van der Waals surface area contributed by atoms with Gasteiger partial charge in [0, 0.05) is 4.88 Å². The molecule has 0 unspecified atom stereocenters. The lowest BCUT2D eigenvalue weighted by Gasteiger charge is -2.32. The minimum Gasteiger partial charge on any atom is -0.399 e. The van der Waals surface area contributed by atoms with Gasteiger partial charge in [-0.15, -0.1) is 0 Å². The number of aryl methyl sites for hydroxylation is 1. The highest BCUT2D eigenvalue weighted by molar-refractivity contribution is 7.27. The lowest BCUT2D eigenvalue weighted by Crippen LogP contribution is -2.41. The molecule has 1 fully saturated rings. The van der Waals surface area contributed by atoms with Gasteiger partial charge in [0.1, 0.15) is 0 Å². The van der Waals surface area contributed by atoms with Crippen LogP contribution in [-0.4, -0.2) is 26.4 Å². The largest absolute Gasteiger partial charge is 0.495 e. The van der Waals surface area contributed by atoms with Crippen molar-refractivity contribution in [1.82, 2.24) is 0 Å². The second-order valence-corrected chi connectivity index (χ2v) is 14.1. The van der Waals surface area contributed by atoms with Crippen LogP contribution in [0.3, 0.4) is 0 Å². The topological polar surface area (TPSA) is 18.5 Å². The van der Waals surface area contributed by atoms with E-state index in [0.717, 1.165) is 0 Å². The van der Waals surface area contributed by atoms with Crippen LogP contribution in [0.15, 0.2) is 6.07 Å². The van der Waals surface area contributed by atoms with E-state index in [2.05, 4.69) is 60.3 Å². The summed E-state index contributed by atoms with van der Waals surface area (Å²) in [4.78, 5) is 1.33. The lowest BCUT2D eigenvalue weighted by atomic mass is 9.79. The SMILES string of the molecule is Cc1sc([Si](C)(C)C)cc1B1OC(C)(C)C(C)(C)O1. The maximum Gasteiger partial charge on any atom is 0.495 e. The zero-order valence-electron chi connectivity index (χ0n) is 13.4. The maximum atomic E-state index is 6.16. The van der Waals surface area contributed by atoms with Crippen molar-refractivity contribution in [2.24, 2.45) is 0 Å². The molecule has 2 heterocycles. The van der Waals surface area contributed by atoms with Crippen molar-refractivity contribution in [1.29, 1.82) is 0 Å². The summed E-state index contributed by atoms with van der Waals surface area (Å²) < 4.78 is 13.8. The molecule has 1 aliphatic heterocycles. The Bertz CT molecular complexity index is 472. The Kier molecular flexibility index (Phi) is 3.58. The highest BCUT2D eigenvalue weighted by atomic mass is 32.1. The second kappa shape index (κ2) is 4.45. The number of hydrogen-bond donors (Lipinski definition) is 0. The van der Waals surface area contributed by atoms with E-state index in [1.807, 2.05) is 11.3 Å². The van der Waals surface area contributed by atoms with E-state index >= 15 is 0 Å². The highest BCUT2D eigenvalue weighted by Crippen LogP contribution is 2.36. The Hall–Kier alpha value is -0.0982. The van der Waals surface area contributed by atoms with E-state index in [4.69, 9.17) is 9.31 Å². The summed E-state index contributed by atoms with van der Waals surface area (Å²) in [5, 5.41) is 0. The molecule has 5 heteroatoms. The Morgan fingerprint density at radius 1 is 1.05 bits per heavy atom. The van der Waals surface area contributed by atoms with Crippen molar-refractivity contribution in [3.63, 3.8) is 0 Å². The zero-order valence-corrected chi connectivity index (χ0v) is 15.2. The van der Waals surface area contributed by atoms with Crippen LogP contribution in [0.2, 0.25) is 19.6 Å². The van der Waals surface area contributed by atoms with Gasteiger partial charge in [0.2, 0.25) is 0 Å². The van der Waals surface area contributed by atoms with E-state index in [1.54, 1.807) is 0 Å². The number of hydrogen-bond acceptors (Lipinski definition) is 3. The van der Waals surface area contributed by atoms with Gasteiger partial charge in [0.05, 0.1) is 19.3 Å². The van der Waals surface area contributed by atoms with E-state index in [-0.39, 0.29) is 18.3 Å². The average Bonchev–Trinajstić information content (AvgIpc) is 2.65. The first-order chi connectivity index (χ1) is 8.44. The van der Waals surface area contributed by atoms with Crippen molar-refractivity contribution in [2.45, 2.75) is 65.5 Å². The third-order valence-corrected chi connectivity index (χ3v) is 8.85. The van der Waals surface area contributed by atoms with Crippen LogP contribution in [0.4, 0.5) is 0 Å². The molecule has 0 N–H and O–H groups in total. The normalized spacial score (nSPS) is 22.0. The first-order valence-corrected chi connectivity index (χ1v) is 11.2. The van der Waals surface area contributed by atoms with Crippen molar-refractivity contribution in [3.8, 4) is 0 Å². The first-order valence-electron chi connectivity index (χ1n) is 6.90. The van der Waals surface area contributed by atoms with E-state index in [0.29, 0.717) is 0 Å². The van der Waals surface area contributed by atoms with Gasteiger partial charge in [-0.1, -0.05) is 25.7 Å². The van der Waals surface area contributed by atoms with E-state index in [1.165, 1.54) is 14.8 Å².